The van der Waals surface area contributed by atoms with Gasteiger partial charge in [0.05, 0.1) is 6.33 Å². The lowest BCUT2D eigenvalue weighted by Crippen LogP contribution is -2.23. The summed E-state index contributed by atoms with van der Waals surface area (Å²) in [5.74, 6) is 0.176. The first-order chi connectivity index (χ1) is 25.0. The molecule has 2 aliphatic rings. The van der Waals surface area contributed by atoms with Gasteiger partial charge in [0.1, 0.15) is 11.9 Å². The molecule has 6 N–H and O–H groups in total. The molecule has 1 aliphatic carbocycles. The number of aliphatic hydroxyl groups excluding tert-OH is 1. The summed E-state index contributed by atoms with van der Waals surface area (Å²) in [6.07, 6.45) is 13.8. The maximum atomic E-state index is 9.00. The van der Waals surface area contributed by atoms with Crippen LogP contribution in [0, 0.1) is 27.7 Å². The minimum atomic E-state index is -0.833. The third-order valence-electron chi connectivity index (χ3n) is 6.85. The molecule has 3 aromatic carbocycles. The molecule has 0 bridgehead atoms. The van der Waals surface area contributed by atoms with Crippen molar-refractivity contribution in [2.75, 3.05) is 20.4 Å². The summed E-state index contributed by atoms with van der Waals surface area (Å²) in [7, 11) is 2.50. The number of fused-ring (bicyclic) bond motifs is 3. The number of nitrogens with two attached hydrogens (primary N) is 1. The van der Waals surface area contributed by atoms with Crippen LogP contribution in [-0.2, 0) is 4.79 Å². The van der Waals surface area contributed by atoms with Crippen LogP contribution in [-0.4, -0.2) is 57.7 Å². The Hall–Kier alpha value is -4.83. The van der Waals surface area contributed by atoms with Gasteiger partial charge in [-0.15, -0.1) is 0 Å². The summed E-state index contributed by atoms with van der Waals surface area (Å²) in [6, 6.07) is 25.0. The van der Waals surface area contributed by atoms with Gasteiger partial charge < -0.3 is 30.7 Å². The fourth-order valence-electron chi connectivity index (χ4n) is 4.54. The van der Waals surface area contributed by atoms with Crippen LogP contribution in [0.25, 0.3) is 16.5 Å². The van der Waals surface area contributed by atoms with E-state index in [1.807, 2.05) is 51.2 Å². The summed E-state index contributed by atoms with van der Waals surface area (Å²) >= 11 is 3.53. The molecule has 5 aromatic rings. The van der Waals surface area contributed by atoms with Crippen molar-refractivity contribution >= 4 is 35.1 Å². The third-order valence-corrected chi connectivity index (χ3v) is 6.85. The summed E-state index contributed by atoms with van der Waals surface area (Å²) in [6.45, 7) is 17.6. The standard InChI is InChI=1S/C16H16O.C9H9N.C7H8.C4H6N2.C2H4O2.C2H6.CH5N.CH4O.CH4S.CH4/c1-10-4-6-13-12(3)14-7-5-11(2)9-16(14)17-15(13)8-10;1-7-6-10-9-5-3-2-4-8(7)9;1-7-5-3-2-4-6-7;1-4-2-5-3-6-4;1-2(3)4;4*1-2;/h4-9,15H,1-3H3;2-6,10H,1H3;2-6H,1H3;2-3H,1H3,(H,5,6);1H3,(H,3,4);1-2H3;2H2,1H3;2*2H,1H3;1H4. The summed E-state index contributed by atoms with van der Waals surface area (Å²) in [5, 5.41) is 15.7. The minimum Gasteiger partial charge on any atom is -0.481 e. The van der Waals surface area contributed by atoms with Crippen molar-refractivity contribution in [3.05, 3.63) is 149 Å². The lowest BCUT2D eigenvalue weighted by molar-refractivity contribution is -0.134. The van der Waals surface area contributed by atoms with E-state index in [2.05, 4.69) is 135 Å². The van der Waals surface area contributed by atoms with Crippen LogP contribution in [0.2, 0.25) is 0 Å². The number of hydrogen-bond acceptors (Lipinski definition) is 6. The number of rotatable bonds is 0. The number of thiol groups is 1. The molecular formula is C44H66N4O4S. The Kier molecular flexibility index (Phi) is 31.6. The van der Waals surface area contributed by atoms with Crippen LogP contribution in [0.15, 0.2) is 121 Å². The second-order valence-corrected chi connectivity index (χ2v) is 10.8. The first-order valence-electron chi connectivity index (χ1n) is 17.1. The molecule has 0 amide bonds. The van der Waals surface area contributed by atoms with E-state index in [0.717, 1.165) is 25.5 Å². The van der Waals surface area contributed by atoms with Crippen LogP contribution >= 0.6 is 12.6 Å². The van der Waals surface area contributed by atoms with E-state index in [1.165, 1.54) is 56.9 Å². The van der Waals surface area contributed by atoms with E-state index >= 15 is 0 Å². The van der Waals surface area contributed by atoms with Gasteiger partial charge in [-0.05, 0) is 95.3 Å². The molecule has 53 heavy (non-hydrogen) atoms. The molecule has 0 saturated carbocycles. The average molecular weight is 747 g/mol. The third kappa shape index (κ3) is 20.7. The quantitative estimate of drug-likeness (QED) is 0.0873. The zero-order valence-electron chi connectivity index (χ0n) is 33.2. The topological polar surface area (TPSA) is 137 Å². The predicted octanol–water partition coefficient (Wildman–Crippen LogP) is 10.7. The largest absolute Gasteiger partial charge is 0.481 e. The molecule has 0 fully saturated rings. The first-order valence-corrected chi connectivity index (χ1v) is 18.0. The average Bonchev–Trinajstić information content (AvgIpc) is 3.80. The van der Waals surface area contributed by atoms with E-state index in [-0.39, 0.29) is 13.5 Å². The van der Waals surface area contributed by atoms with Crippen LogP contribution in [0.4, 0.5) is 0 Å². The molecule has 292 valence electrons. The number of benzene rings is 3. The number of ether oxygens (including phenoxy) is 1. The second-order valence-electron chi connectivity index (χ2n) is 10.8. The van der Waals surface area contributed by atoms with E-state index in [9.17, 15) is 0 Å². The van der Waals surface area contributed by atoms with E-state index in [0.29, 0.717) is 0 Å². The fraction of sp³-hybridized carbons (Fsp3) is 0.318. The molecule has 0 spiro atoms. The van der Waals surface area contributed by atoms with E-state index in [4.69, 9.17) is 19.7 Å². The molecule has 1 unspecified atom stereocenters. The number of H-pyrrole nitrogens is 2. The number of carboxylic acid groups (broad SMARTS) is 1. The molecule has 8 nitrogen and oxygen atoms in total. The highest BCUT2D eigenvalue weighted by atomic mass is 32.1. The Bertz CT molecular complexity index is 1740. The highest BCUT2D eigenvalue weighted by molar-refractivity contribution is 7.79. The number of carboxylic acids is 1. The van der Waals surface area contributed by atoms with Crippen molar-refractivity contribution in [2.24, 2.45) is 5.73 Å². The van der Waals surface area contributed by atoms with Crippen molar-refractivity contribution in [2.45, 2.75) is 75.8 Å². The second kappa shape index (κ2) is 31.9. The molecule has 1 atom stereocenters. The van der Waals surface area contributed by atoms with Gasteiger partial charge in [0.25, 0.3) is 5.97 Å². The van der Waals surface area contributed by atoms with Gasteiger partial charge in [-0.1, -0.05) is 105 Å². The number of aryl methyl sites for hydroxylation is 4. The minimum absolute atomic E-state index is 0. The molecule has 0 saturated heterocycles. The monoisotopic (exact) mass is 746 g/mol. The molecule has 2 aromatic heterocycles. The number of aromatic nitrogens is 3. The number of aliphatic hydroxyl groups is 1. The number of nitrogens with zero attached hydrogens (tertiary/aromatic N) is 1. The summed E-state index contributed by atoms with van der Waals surface area (Å²) in [4.78, 5) is 18.8. The SMILES string of the molecule is C.CC.CC(=O)O.CC1=CC2Oc3cc(C)ccc3C(C)=C2C=C1.CN.CO.CS.Cc1c[nH]c2ccccc12.Cc1ccccc1.Cc1cnc[nH]1. The lowest BCUT2D eigenvalue weighted by atomic mass is 9.89. The molecule has 3 heterocycles. The highest BCUT2D eigenvalue weighted by Gasteiger charge is 2.25. The van der Waals surface area contributed by atoms with Crippen LogP contribution in [0.5, 0.6) is 5.75 Å². The van der Waals surface area contributed by atoms with E-state index < -0.39 is 5.97 Å². The number of imidazole rings is 1. The predicted molar refractivity (Wildman–Crippen MR) is 233 cm³/mol. The van der Waals surface area contributed by atoms with Crippen molar-refractivity contribution < 1.29 is 19.7 Å². The molecule has 7 rings (SSSR count). The normalized spacial score (nSPS) is 12.0. The van der Waals surface area contributed by atoms with Crippen LogP contribution in [0.1, 0.15) is 70.0 Å². The molecule has 0 radical (unpaired) electrons. The lowest BCUT2D eigenvalue weighted by Gasteiger charge is -2.29. The molecule has 1 aliphatic heterocycles. The van der Waals surface area contributed by atoms with Crippen molar-refractivity contribution in [3.63, 3.8) is 0 Å². The summed E-state index contributed by atoms with van der Waals surface area (Å²) < 4.78 is 6.07. The maximum Gasteiger partial charge on any atom is 0.300 e. The Labute approximate surface area is 325 Å². The highest BCUT2D eigenvalue weighted by Crippen LogP contribution is 2.38. The van der Waals surface area contributed by atoms with Gasteiger partial charge in [0, 0.05) is 48.6 Å². The Morgan fingerprint density at radius 3 is 1.87 bits per heavy atom. The van der Waals surface area contributed by atoms with Gasteiger partial charge in [-0.25, -0.2) is 4.98 Å². The van der Waals surface area contributed by atoms with Crippen molar-refractivity contribution in [1.82, 2.24) is 15.0 Å². The molecule has 9 heteroatoms. The van der Waals surface area contributed by atoms with E-state index in [1.54, 1.807) is 18.8 Å². The number of nitrogens with one attached hydrogen (secondary N) is 2. The zero-order valence-corrected chi connectivity index (χ0v) is 34.0. The number of aliphatic carboxylic acids is 1. The van der Waals surface area contributed by atoms with Crippen molar-refractivity contribution in [3.8, 4) is 5.75 Å². The Balaban J connectivity index is -0.000000602. The van der Waals surface area contributed by atoms with Crippen LogP contribution < -0.4 is 10.5 Å². The summed E-state index contributed by atoms with van der Waals surface area (Å²) in [5.41, 5.74) is 15.8. The number of para-hydroxylation sites is 1. The smallest absolute Gasteiger partial charge is 0.300 e. The van der Waals surface area contributed by atoms with Gasteiger partial charge in [-0.2, -0.15) is 12.6 Å². The van der Waals surface area contributed by atoms with Gasteiger partial charge in [-0.3, -0.25) is 4.79 Å². The number of hydrogen-bond donors (Lipinski definition) is 6. The van der Waals surface area contributed by atoms with Crippen molar-refractivity contribution in [1.29, 1.82) is 0 Å². The first kappa shape index (κ1) is 52.5. The Morgan fingerprint density at radius 1 is 0.830 bits per heavy atom. The zero-order chi connectivity index (χ0) is 40.1. The van der Waals surface area contributed by atoms with Gasteiger partial charge >= 0.3 is 0 Å². The fourth-order valence-corrected chi connectivity index (χ4v) is 4.54. The molecular weight excluding hydrogens is 681 g/mol. The maximum absolute atomic E-state index is 9.00. The van der Waals surface area contributed by atoms with Gasteiger partial charge in [0.2, 0.25) is 0 Å². The Morgan fingerprint density at radius 2 is 1.40 bits per heavy atom. The number of carbonyl (C=O) groups is 1. The van der Waals surface area contributed by atoms with Gasteiger partial charge in [0.15, 0.2) is 0 Å². The van der Waals surface area contributed by atoms with Crippen LogP contribution in [0.3, 0.4) is 0 Å². The number of allylic oxidation sites excluding steroid dienone is 3. The number of aromatic amines is 2.